The van der Waals surface area contributed by atoms with Crippen molar-refractivity contribution in [3.05, 3.63) is 41.4 Å². The first-order valence-electron chi connectivity index (χ1n) is 12.8. The number of unbranched alkanes of at least 4 members (excludes halogenated alkanes) is 2. The molecule has 3 saturated heterocycles. The largest absolute Gasteiger partial charge is 0.466 e. The first kappa shape index (κ1) is 26.6. The first-order chi connectivity index (χ1) is 17.3. The maximum atomic E-state index is 14.4. The Balaban J connectivity index is 1.76. The minimum Gasteiger partial charge on any atom is -0.466 e. The zero-order valence-electron chi connectivity index (χ0n) is 21.0. The number of amides is 2. The van der Waals surface area contributed by atoms with Gasteiger partial charge >= 0.3 is 5.97 Å². The molecule has 5 atom stereocenters. The molecule has 3 aliphatic rings. The molecular weight excluding hydrogens is 484 g/mol. The highest BCUT2D eigenvalue weighted by Gasteiger charge is 2.75. The van der Waals surface area contributed by atoms with Gasteiger partial charge in [0.05, 0.1) is 35.3 Å². The average molecular weight is 519 g/mol. The van der Waals surface area contributed by atoms with Crippen molar-refractivity contribution in [2.45, 2.75) is 63.7 Å². The number of para-hydroxylation sites is 1. The van der Waals surface area contributed by atoms with Gasteiger partial charge < -0.3 is 24.4 Å². The van der Waals surface area contributed by atoms with Gasteiger partial charge in [0, 0.05) is 19.7 Å². The van der Waals surface area contributed by atoms with E-state index < -0.39 is 35.6 Å². The van der Waals surface area contributed by atoms with E-state index in [0.717, 1.165) is 5.56 Å². The second kappa shape index (κ2) is 10.9. The number of hydrogen-bond donors (Lipinski definition) is 1. The molecule has 1 N–H and O–H groups in total. The Hall–Kier alpha value is -2.42. The van der Waals surface area contributed by atoms with Crippen molar-refractivity contribution in [3.8, 4) is 0 Å². The van der Waals surface area contributed by atoms with Gasteiger partial charge in [-0.15, -0.1) is 6.58 Å². The van der Waals surface area contributed by atoms with Crippen molar-refractivity contribution in [1.82, 2.24) is 4.90 Å². The first-order valence-corrected chi connectivity index (χ1v) is 13.1. The van der Waals surface area contributed by atoms with Gasteiger partial charge in [-0.25, -0.2) is 0 Å². The number of likely N-dealkylation sites (tertiary alicyclic amines) is 1. The molecule has 0 radical (unpaired) electrons. The van der Waals surface area contributed by atoms with E-state index in [0.29, 0.717) is 49.4 Å². The number of aryl methyl sites for hydroxylation is 1. The highest BCUT2D eigenvalue weighted by molar-refractivity contribution is 6.34. The normalized spacial score (nSPS) is 28.3. The quantitative estimate of drug-likeness (QED) is 0.274. The standard InChI is InChI=1S/C27H35ClN2O6/c1-4-14-29(22-17(3)10-9-11-18(22)28)25(33)23-27-13-12-19(36-27)20(26(34)35-5-2)21(27)24(32)30(23)15-7-6-8-16-31/h4,9-11,19-21,23,31H,1,5-8,12-16H2,2-3H3/t19-,20+,21+,23-,27+/m0/s1. The van der Waals surface area contributed by atoms with E-state index in [9.17, 15) is 19.5 Å². The number of rotatable bonds is 11. The molecular formula is C27H35ClN2O6. The number of benzene rings is 1. The Labute approximate surface area is 217 Å². The number of aliphatic hydroxyl groups is 1. The van der Waals surface area contributed by atoms with Crippen molar-refractivity contribution in [1.29, 1.82) is 0 Å². The van der Waals surface area contributed by atoms with Gasteiger partial charge in [0.2, 0.25) is 5.91 Å². The SMILES string of the molecule is C=CCN(C(=O)[C@@H]1N(CCCCCO)C(=O)[C@H]2[C@H](C(=O)OCC)[C@@H]3CC[C@]12O3)c1c(C)cccc1Cl. The number of ether oxygens (including phenoxy) is 2. The number of carbonyl (C=O) groups excluding carboxylic acids is 3. The highest BCUT2D eigenvalue weighted by Crippen LogP contribution is 2.59. The van der Waals surface area contributed by atoms with E-state index in [-0.39, 0.29) is 31.6 Å². The predicted molar refractivity (Wildman–Crippen MR) is 136 cm³/mol. The number of aliphatic hydroxyl groups excluding tert-OH is 1. The van der Waals surface area contributed by atoms with Crippen molar-refractivity contribution in [3.63, 3.8) is 0 Å². The van der Waals surface area contributed by atoms with Crippen LogP contribution < -0.4 is 4.90 Å². The predicted octanol–water partition coefficient (Wildman–Crippen LogP) is 3.27. The Bertz CT molecular complexity index is 1010. The maximum Gasteiger partial charge on any atom is 0.312 e. The van der Waals surface area contributed by atoms with E-state index in [1.165, 1.54) is 0 Å². The van der Waals surface area contributed by atoms with Crippen LogP contribution in [0.25, 0.3) is 0 Å². The van der Waals surface area contributed by atoms with Gasteiger partial charge in [-0.3, -0.25) is 14.4 Å². The lowest BCUT2D eigenvalue weighted by molar-refractivity contribution is -0.154. The minimum atomic E-state index is -1.10. The minimum absolute atomic E-state index is 0.0670. The lowest BCUT2D eigenvalue weighted by Crippen LogP contribution is -2.56. The summed E-state index contributed by atoms with van der Waals surface area (Å²) >= 11 is 6.56. The molecule has 36 heavy (non-hydrogen) atoms. The van der Waals surface area contributed by atoms with Crippen molar-refractivity contribution in [2.75, 3.05) is 31.2 Å². The molecule has 3 aliphatic heterocycles. The number of fused-ring (bicyclic) bond motifs is 1. The van der Waals surface area contributed by atoms with Gasteiger partial charge in [-0.05, 0) is 57.6 Å². The van der Waals surface area contributed by atoms with Crippen molar-refractivity contribution >= 4 is 35.1 Å². The number of nitrogens with zero attached hydrogens (tertiary/aromatic N) is 2. The van der Waals surface area contributed by atoms with Crippen LogP contribution in [0, 0.1) is 18.8 Å². The lowest BCUT2D eigenvalue weighted by Gasteiger charge is -2.37. The van der Waals surface area contributed by atoms with Gasteiger partial charge in [0.1, 0.15) is 11.6 Å². The van der Waals surface area contributed by atoms with Gasteiger partial charge in [-0.2, -0.15) is 0 Å². The molecule has 3 heterocycles. The number of hydrogen-bond acceptors (Lipinski definition) is 6. The van der Waals surface area contributed by atoms with Gasteiger partial charge in [0.25, 0.3) is 5.91 Å². The molecule has 0 aliphatic carbocycles. The Morgan fingerprint density at radius 2 is 2.14 bits per heavy atom. The fraction of sp³-hybridized carbons (Fsp3) is 0.593. The molecule has 9 heteroatoms. The number of anilines is 1. The van der Waals surface area contributed by atoms with E-state index in [1.54, 1.807) is 28.9 Å². The lowest BCUT2D eigenvalue weighted by atomic mass is 9.70. The topological polar surface area (TPSA) is 96.4 Å². The third kappa shape index (κ3) is 4.33. The zero-order chi connectivity index (χ0) is 26.0. The monoisotopic (exact) mass is 518 g/mol. The van der Waals surface area contributed by atoms with Crippen LogP contribution in [0.15, 0.2) is 30.9 Å². The van der Waals surface area contributed by atoms with Crippen LogP contribution in [0.1, 0.15) is 44.6 Å². The number of esters is 1. The molecule has 8 nitrogen and oxygen atoms in total. The third-order valence-corrected chi connectivity index (χ3v) is 7.99. The van der Waals surface area contributed by atoms with Crippen LogP contribution in [-0.4, -0.2) is 71.8 Å². The smallest absolute Gasteiger partial charge is 0.312 e. The summed E-state index contributed by atoms with van der Waals surface area (Å²) < 4.78 is 11.8. The summed E-state index contributed by atoms with van der Waals surface area (Å²) in [5.41, 5.74) is 0.305. The summed E-state index contributed by atoms with van der Waals surface area (Å²) in [7, 11) is 0. The second-order valence-corrected chi connectivity index (χ2v) is 10.2. The molecule has 1 spiro atoms. The zero-order valence-corrected chi connectivity index (χ0v) is 21.7. The van der Waals surface area contributed by atoms with Crippen molar-refractivity contribution < 1.29 is 29.0 Å². The third-order valence-electron chi connectivity index (χ3n) is 7.69. The summed E-state index contributed by atoms with van der Waals surface area (Å²) in [4.78, 5) is 44.4. The molecule has 1 aromatic rings. The molecule has 0 saturated carbocycles. The molecule has 196 valence electrons. The van der Waals surface area contributed by atoms with E-state index in [1.807, 2.05) is 19.1 Å². The van der Waals surface area contributed by atoms with Crippen LogP contribution in [0.2, 0.25) is 5.02 Å². The number of halogens is 1. The molecule has 4 rings (SSSR count). The molecule has 2 amide bonds. The van der Waals surface area contributed by atoms with Crippen LogP contribution in [0.3, 0.4) is 0 Å². The van der Waals surface area contributed by atoms with Crippen LogP contribution >= 0.6 is 11.6 Å². The average Bonchev–Trinajstić information content (AvgIpc) is 3.48. The Morgan fingerprint density at radius 3 is 2.81 bits per heavy atom. The fourth-order valence-electron chi connectivity index (χ4n) is 6.28. The van der Waals surface area contributed by atoms with E-state index in [2.05, 4.69) is 6.58 Å². The molecule has 2 bridgehead atoms. The molecule has 0 aromatic heterocycles. The van der Waals surface area contributed by atoms with Gasteiger partial charge in [0.15, 0.2) is 0 Å². The fourth-order valence-corrected chi connectivity index (χ4v) is 6.61. The molecule has 3 fully saturated rings. The highest BCUT2D eigenvalue weighted by atomic mass is 35.5. The Morgan fingerprint density at radius 1 is 1.36 bits per heavy atom. The van der Waals surface area contributed by atoms with E-state index >= 15 is 0 Å². The van der Waals surface area contributed by atoms with Crippen LogP contribution in [0.4, 0.5) is 5.69 Å². The molecule has 0 unspecified atom stereocenters. The summed E-state index contributed by atoms with van der Waals surface area (Å²) in [6.07, 6.45) is 4.23. The summed E-state index contributed by atoms with van der Waals surface area (Å²) in [6.45, 7) is 8.26. The second-order valence-electron chi connectivity index (χ2n) is 9.77. The van der Waals surface area contributed by atoms with Crippen LogP contribution in [-0.2, 0) is 23.9 Å². The van der Waals surface area contributed by atoms with E-state index in [4.69, 9.17) is 21.1 Å². The summed E-state index contributed by atoms with van der Waals surface area (Å²) in [5.74, 6) is -2.47. The van der Waals surface area contributed by atoms with Crippen molar-refractivity contribution in [2.24, 2.45) is 11.8 Å². The summed E-state index contributed by atoms with van der Waals surface area (Å²) in [5, 5.41) is 9.62. The van der Waals surface area contributed by atoms with Gasteiger partial charge in [-0.1, -0.05) is 29.8 Å². The molecule has 1 aromatic carbocycles. The maximum absolute atomic E-state index is 14.4. The summed E-state index contributed by atoms with van der Waals surface area (Å²) in [6, 6.07) is 4.54. The van der Waals surface area contributed by atoms with Crippen LogP contribution in [0.5, 0.6) is 0 Å². The Kier molecular flexibility index (Phi) is 8.07. The number of carbonyl (C=O) groups is 3.